The first-order valence-corrected chi connectivity index (χ1v) is 4.64. The topological polar surface area (TPSA) is 17.1 Å². The van der Waals surface area contributed by atoms with Gasteiger partial charge in [-0.3, -0.25) is 4.79 Å². The number of Topliss-reactive ketones (excluding diaryl/α,β-unsaturated/α-hetero) is 1. The summed E-state index contributed by atoms with van der Waals surface area (Å²) in [5.41, 5.74) is 2.00. The molecular formula is C9H12OS. The smallest absolute Gasteiger partial charge is 0.166 e. The molecule has 0 aromatic carbocycles. The van der Waals surface area contributed by atoms with E-state index in [2.05, 4.69) is 0 Å². The summed E-state index contributed by atoms with van der Waals surface area (Å²) in [6, 6.07) is 0. The summed E-state index contributed by atoms with van der Waals surface area (Å²) in [4.78, 5) is 11.4. The van der Waals surface area contributed by atoms with Crippen LogP contribution >= 0.6 is 11.3 Å². The fraction of sp³-hybridized carbons (Fsp3) is 0.444. The molecule has 1 aromatic rings. The third kappa shape index (κ3) is 1.69. The van der Waals surface area contributed by atoms with Crippen LogP contribution in [-0.4, -0.2) is 5.78 Å². The first-order chi connectivity index (χ1) is 5.13. The summed E-state index contributed by atoms with van der Waals surface area (Å²) < 4.78 is 0. The van der Waals surface area contributed by atoms with Crippen molar-refractivity contribution in [3.05, 3.63) is 21.9 Å². The van der Waals surface area contributed by atoms with E-state index in [-0.39, 0.29) is 11.7 Å². The van der Waals surface area contributed by atoms with Gasteiger partial charge in [0.2, 0.25) is 0 Å². The van der Waals surface area contributed by atoms with Crippen molar-refractivity contribution < 1.29 is 4.79 Å². The highest BCUT2D eigenvalue weighted by Gasteiger charge is 2.12. The number of carbonyl (C=O) groups excluding carboxylic acids is 1. The van der Waals surface area contributed by atoms with Crippen LogP contribution < -0.4 is 0 Å². The average molecular weight is 168 g/mol. The molecule has 11 heavy (non-hydrogen) atoms. The van der Waals surface area contributed by atoms with E-state index in [1.54, 1.807) is 11.3 Å². The molecule has 0 aliphatic heterocycles. The van der Waals surface area contributed by atoms with Crippen LogP contribution in [0.15, 0.2) is 10.8 Å². The van der Waals surface area contributed by atoms with Crippen molar-refractivity contribution in [2.45, 2.75) is 20.8 Å². The zero-order valence-corrected chi connectivity index (χ0v) is 7.87. The second-order valence-electron chi connectivity index (χ2n) is 2.99. The lowest BCUT2D eigenvalue weighted by Gasteiger charge is -2.01. The van der Waals surface area contributed by atoms with Crippen LogP contribution in [0.3, 0.4) is 0 Å². The maximum atomic E-state index is 11.4. The number of hydrogen-bond acceptors (Lipinski definition) is 2. The zero-order chi connectivity index (χ0) is 8.43. The van der Waals surface area contributed by atoms with Crippen LogP contribution in [0.25, 0.3) is 0 Å². The predicted octanol–water partition coefficient (Wildman–Crippen LogP) is 2.90. The average Bonchev–Trinajstić information content (AvgIpc) is 2.33. The number of ketones is 1. The summed E-state index contributed by atoms with van der Waals surface area (Å²) in [5.74, 6) is 0.368. The summed E-state index contributed by atoms with van der Waals surface area (Å²) in [5, 5.41) is 3.94. The Labute approximate surface area is 71.1 Å². The van der Waals surface area contributed by atoms with Gasteiger partial charge >= 0.3 is 0 Å². The van der Waals surface area contributed by atoms with Gasteiger partial charge in [0.1, 0.15) is 0 Å². The molecule has 1 aromatic heterocycles. The Balaban J connectivity index is 2.93. The molecule has 0 saturated heterocycles. The highest BCUT2D eigenvalue weighted by atomic mass is 32.1. The van der Waals surface area contributed by atoms with Gasteiger partial charge in [0.25, 0.3) is 0 Å². The molecule has 1 nitrogen and oxygen atoms in total. The Morgan fingerprint density at radius 3 is 2.45 bits per heavy atom. The lowest BCUT2D eigenvalue weighted by molar-refractivity contribution is 0.0939. The molecule has 0 spiro atoms. The van der Waals surface area contributed by atoms with Crippen LogP contribution in [0.5, 0.6) is 0 Å². The largest absolute Gasteiger partial charge is 0.294 e. The Morgan fingerprint density at radius 1 is 1.45 bits per heavy atom. The Bertz CT molecular complexity index is 260. The minimum Gasteiger partial charge on any atom is -0.294 e. The first-order valence-electron chi connectivity index (χ1n) is 3.70. The maximum Gasteiger partial charge on any atom is 0.166 e. The molecule has 0 atom stereocenters. The maximum absolute atomic E-state index is 11.4. The molecule has 0 radical (unpaired) electrons. The van der Waals surface area contributed by atoms with Crippen LogP contribution in [-0.2, 0) is 0 Å². The minimum absolute atomic E-state index is 0.114. The van der Waals surface area contributed by atoms with Crippen molar-refractivity contribution in [1.29, 1.82) is 0 Å². The van der Waals surface area contributed by atoms with Gasteiger partial charge in [-0.2, -0.15) is 11.3 Å². The summed E-state index contributed by atoms with van der Waals surface area (Å²) >= 11 is 1.59. The number of rotatable bonds is 2. The molecule has 0 bridgehead atoms. The van der Waals surface area contributed by atoms with E-state index in [9.17, 15) is 4.79 Å². The fourth-order valence-corrected chi connectivity index (χ4v) is 1.76. The quantitative estimate of drug-likeness (QED) is 0.620. The summed E-state index contributed by atoms with van der Waals surface area (Å²) in [6.07, 6.45) is 0. The molecular weight excluding hydrogens is 156 g/mol. The van der Waals surface area contributed by atoms with E-state index in [1.807, 2.05) is 31.5 Å². The van der Waals surface area contributed by atoms with Crippen LogP contribution in [0.1, 0.15) is 29.8 Å². The molecule has 2 heteroatoms. The minimum atomic E-state index is 0.114. The predicted molar refractivity (Wildman–Crippen MR) is 48.2 cm³/mol. The molecule has 0 saturated carbocycles. The molecule has 0 fully saturated rings. The first kappa shape index (κ1) is 8.47. The highest BCUT2D eigenvalue weighted by molar-refractivity contribution is 7.08. The SMILES string of the molecule is Cc1cscc1C(=O)C(C)C. The van der Waals surface area contributed by atoms with E-state index in [1.165, 1.54) is 0 Å². The molecule has 0 amide bonds. The standard InChI is InChI=1S/C9H12OS/c1-6(2)9(10)8-5-11-4-7(8)3/h4-6H,1-3H3. The van der Waals surface area contributed by atoms with E-state index >= 15 is 0 Å². The van der Waals surface area contributed by atoms with Crippen molar-refractivity contribution in [2.75, 3.05) is 0 Å². The Kier molecular flexibility index (Phi) is 2.45. The molecule has 0 N–H and O–H groups in total. The Hall–Kier alpha value is -0.630. The van der Waals surface area contributed by atoms with E-state index in [0.717, 1.165) is 11.1 Å². The molecule has 0 aliphatic rings. The number of carbonyl (C=O) groups is 1. The van der Waals surface area contributed by atoms with Gasteiger partial charge < -0.3 is 0 Å². The Morgan fingerprint density at radius 2 is 2.09 bits per heavy atom. The van der Waals surface area contributed by atoms with Gasteiger partial charge in [-0.1, -0.05) is 13.8 Å². The highest BCUT2D eigenvalue weighted by Crippen LogP contribution is 2.17. The number of aryl methyl sites for hydroxylation is 1. The number of hydrogen-bond donors (Lipinski definition) is 0. The van der Waals surface area contributed by atoms with Crippen LogP contribution in [0.4, 0.5) is 0 Å². The van der Waals surface area contributed by atoms with Gasteiger partial charge in [0, 0.05) is 16.9 Å². The third-order valence-corrected chi connectivity index (χ3v) is 2.51. The molecule has 1 heterocycles. The number of thiophene rings is 1. The molecule has 60 valence electrons. The van der Waals surface area contributed by atoms with Crippen molar-refractivity contribution >= 4 is 17.1 Å². The van der Waals surface area contributed by atoms with Gasteiger partial charge in [-0.25, -0.2) is 0 Å². The van der Waals surface area contributed by atoms with E-state index < -0.39 is 0 Å². The van der Waals surface area contributed by atoms with Gasteiger partial charge in [-0.05, 0) is 17.9 Å². The van der Waals surface area contributed by atoms with Gasteiger partial charge in [0.15, 0.2) is 5.78 Å². The van der Waals surface area contributed by atoms with Crippen molar-refractivity contribution in [1.82, 2.24) is 0 Å². The monoisotopic (exact) mass is 168 g/mol. The van der Waals surface area contributed by atoms with Crippen molar-refractivity contribution in [2.24, 2.45) is 5.92 Å². The van der Waals surface area contributed by atoms with Crippen molar-refractivity contribution in [3.8, 4) is 0 Å². The summed E-state index contributed by atoms with van der Waals surface area (Å²) in [7, 11) is 0. The fourth-order valence-electron chi connectivity index (χ4n) is 0.924. The lowest BCUT2D eigenvalue weighted by Crippen LogP contribution is -2.07. The normalized spacial score (nSPS) is 10.5. The van der Waals surface area contributed by atoms with E-state index in [4.69, 9.17) is 0 Å². The van der Waals surface area contributed by atoms with Gasteiger partial charge in [0.05, 0.1) is 0 Å². The van der Waals surface area contributed by atoms with Gasteiger partial charge in [-0.15, -0.1) is 0 Å². The molecule has 0 unspecified atom stereocenters. The van der Waals surface area contributed by atoms with E-state index in [0.29, 0.717) is 0 Å². The van der Waals surface area contributed by atoms with Crippen molar-refractivity contribution in [3.63, 3.8) is 0 Å². The zero-order valence-electron chi connectivity index (χ0n) is 7.05. The van der Waals surface area contributed by atoms with Crippen LogP contribution in [0, 0.1) is 12.8 Å². The molecule has 0 aliphatic carbocycles. The molecule has 1 rings (SSSR count). The third-order valence-electron chi connectivity index (χ3n) is 1.65. The van der Waals surface area contributed by atoms with Crippen LogP contribution in [0.2, 0.25) is 0 Å². The summed E-state index contributed by atoms with van der Waals surface area (Å²) in [6.45, 7) is 5.84. The second kappa shape index (κ2) is 3.18. The lowest BCUT2D eigenvalue weighted by atomic mass is 10.0. The second-order valence-corrected chi connectivity index (χ2v) is 3.73.